The van der Waals surface area contributed by atoms with E-state index in [1.54, 1.807) is 0 Å². The van der Waals surface area contributed by atoms with Gasteiger partial charge in [-0.15, -0.1) is 0 Å². The molecule has 0 aromatic heterocycles. The van der Waals surface area contributed by atoms with Gasteiger partial charge in [0.1, 0.15) is 0 Å². The zero-order chi connectivity index (χ0) is 14.7. The Bertz CT molecular complexity index is 533. The van der Waals surface area contributed by atoms with Crippen molar-refractivity contribution in [3.05, 3.63) is 33.8 Å². The van der Waals surface area contributed by atoms with Gasteiger partial charge in [-0.25, -0.2) is 4.79 Å². The molecular weight excluding hydrogens is 325 g/mol. The Balaban J connectivity index is 2.13. The molecular formula is C12H12Cl3N3O2. The number of benzene rings is 1. The predicted octanol–water partition coefficient (Wildman–Crippen LogP) is 2.61. The average molecular weight is 337 g/mol. The molecule has 1 aromatic rings. The Morgan fingerprint density at radius 3 is 2.45 bits per heavy atom. The summed E-state index contributed by atoms with van der Waals surface area (Å²) in [6.45, 7) is 2.35. The van der Waals surface area contributed by atoms with Gasteiger partial charge >= 0.3 is 6.03 Å². The van der Waals surface area contributed by atoms with Crippen LogP contribution in [0.15, 0.2) is 18.2 Å². The van der Waals surface area contributed by atoms with E-state index in [4.69, 9.17) is 35.0 Å². The Labute approximate surface area is 131 Å². The molecule has 20 heavy (non-hydrogen) atoms. The lowest BCUT2D eigenvalue weighted by molar-refractivity contribution is 0.0858. The Kier molecular flexibility index (Phi) is 5.10. The normalized spacial score (nSPS) is 15.1. The standard InChI is InChI=1S/C12H12Cl3N3O2/c13-8-1-2-9(10(14)7-8)11(19)18(15)12(20)17-5-3-16-4-6-17/h1-2,7,16H,3-6H2. The number of amides is 3. The molecule has 0 unspecified atom stereocenters. The highest BCUT2D eigenvalue weighted by Gasteiger charge is 2.28. The summed E-state index contributed by atoms with van der Waals surface area (Å²) >= 11 is 17.5. The number of hydrogen-bond donors (Lipinski definition) is 1. The van der Waals surface area contributed by atoms with Crippen LogP contribution in [0.3, 0.4) is 0 Å². The van der Waals surface area contributed by atoms with Crippen LogP contribution in [0.2, 0.25) is 10.0 Å². The fraction of sp³-hybridized carbons (Fsp3) is 0.333. The van der Waals surface area contributed by atoms with Crippen molar-refractivity contribution in [3.63, 3.8) is 0 Å². The largest absolute Gasteiger partial charge is 0.342 e. The van der Waals surface area contributed by atoms with Crippen molar-refractivity contribution in [3.8, 4) is 0 Å². The van der Waals surface area contributed by atoms with Crippen LogP contribution in [0, 0.1) is 0 Å². The maximum atomic E-state index is 12.2. The minimum absolute atomic E-state index is 0.134. The van der Waals surface area contributed by atoms with E-state index in [2.05, 4.69) is 5.32 Å². The molecule has 3 amide bonds. The summed E-state index contributed by atoms with van der Waals surface area (Å²) in [5.74, 6) is -0.670. The van der Waals surface area contributed by atoms with Crippen molar-refractivity contribution in [1.82, 2.24) is 14.6 Å². The molecule has 8 heteroatoms. The average Bonchev–Trinajstić information content (AvgIpc) is 2.46. The van der Waals surface area contributed by atoms with Gasteiger partial charge in [-0.05, 0) is 18.2 Å². The van der Waals surface area contributed by atoms with E-state index < -0.39 is 11.9 Å². The molecule has 1 aliphatic rings. The van der Waals surface area contributed by atoms with Crippen molar-refractivity contribution < 1.29 is 9.59 Å². The molecule has 1 aromatic carbocycles. The molecule has 0 bridgehead atoms. The van der Waals surface area contributed by atoms with Crippen molar-refractivity contribution in [2.75, 3.05) is 26.2 Å². The molecule has 1 aliphatic heterocycles. The summed E-state index contributed by atoms with van der Waals surface area (Å²) in [6, 6.07) is 3.83. The van der Waals surface area contributed by atoms with E-state index in [0.717, 1.165) is 0 Å². The van der Waals surface area contributed by atoms with Gasteiger partial charge in [0.15, 0.2) is 0 Å². The molecule has 0 aliphatic carbocycles. The fourth-order valence-electron chi connectivity index (χ4n) is 1.84. The lowest BCUT2D eigenvalue weighted by Gasteiger charge is -2.29. The summed E-state index contributed by atoms with van der Waals surface area (Å²) in [7, 11) is 0. The maximum absolute atomic E-state index is 12.2. The second-order valence-corrected chi connectivity index (χ2v) is 5.41. The third kappa shape index (κ3) is 3.35. The second kappa shape index (κ2) is 6.63. The van der Waals surface area contributed by atoms with Crippen LogP contribution in [0.5, 0.6) is 0 Å². The minimum atomic E-state index is -0.670. The molecule has 1 N–H and O–H groups in total. The van der Waals surface area contributed by atoms with Gasteiger partial charge in [0.25, 0.3) is 5.91 Å². The minimum Gasteiger partial charge on any atom is -0.321 e. The summed E-state index contributed by atoms with van der Waals surface area (Å²) in [4.78, 5) is 25.8. The number of nitrogens with one attached hydrogen (secondary N) is 1. The molecule has 0 saturated carbocycles. The monoisotopic (exact) mass is 335 g/mol. The Morgan fingerprint density at radius 1 is 1.20 bits per heavy atom. The topological polar surface area (TPSA) is 52.7 Å². The van der Waals surface area contributed by atoms with Gasteiger partial charge < -0.3 is 10.2 Å². The van der Waals surface area contributed by atoms with Crippen molar-refractivity contribution in [2.24, 2.45) is 0 Å². The quantitative estimate of drug-likeness (QED) is 0.802. The zero-order valence-corrected chi connectivity index (χ0v) is 12.7. The van der Waals surface area contributed by atoms with Crippen molar-refractivity contribution in [1.29, 1.82) is 0 Å². The fourth-order valence-corrected chi connectivity index (χ4v) is 2.52. The van der Waals surface area contributed by atoms with Gasteiger partial charge in [-0.1, -0.05) is 23.2 Å². The first-order valence-electron chi connectivity index (χ1n) is 5.95. The lowest BCUT2D eigenvalue weighted by Crippen LogP contribution is -2.50. The van der Waals surface area contributed by atoms with E-state index in [1.165, 1.54) is 23.1 Å². The van der Waals surface area contributed by atoms with Gasteiger partial charge in [-0.2, -0.15) is 4.42 Å². The van der Waals surface area contributed by atoms with E-state index in [1.807, 2.05) is 0 Å². The number of piperazine rings is 1. The number of urea groups is 1. The van der Waals surface area contributed by atoms with Crippen LogP contribution in [0.4, 0.5) is 4.79 Å². The number of imide groups is 1. The smallest absolute Gasteiger partial charge is 0.321 e. The number of carbonyl (C=O) groups excluding carboxylic acids is 2. The maximum Gasteiger partial charge on any atom is 0.342 e. The molecule has 1 heterocycles. The highest BCUT2D eigenvalue weighted by atomic mass is 35.5. The number of rotatable bonds is 1. The first-order chi connectivity index (χ1) is 9.50. The van der Waals surface area contributed by atoms with Crippen LogP contribution in [0.1, 0.15) is 10.4 Å². The molecule has 1 saturated heterocycles. The summed E-state index contributed by atoms with van der Waals surface area (Å²) < 4.78 is 0.556. The highest BCUT2D eigenvalue weighted by molar-refractivity contribution is 6.39. The molecule has 0 radical (unpaired) electrons. The van der Waals surface area contributed by atoms with E-state index >= 15 is 0 Å². The first kappa shape index (κ1) is 15.4. The van der Waals surface area contributed by atoms with Crippen LogP contribution >= 0.6 is 35.0 Å². The van der Waals surface area contributed by atoms with Crippen LogP contribution in [-0.4, -0.2) is 47.4 Å². The highest BCUT2D eigenvalue weighted by Crippen LogP contribution is 2.23. The summed E-state index contributed by atoms with van der Waals surface area (Å²) in [5, 5.41) is 3.67. The van der Waals surface area contributed by atoms with Gasteiger partial charge in [0.05, 0.1) is 10.6 Å². The molecule has 1 fully saturated rings. The van der Waals surface area contributed by atoms with E-state index in [9.17, 15) is 9.59 Å². The lowest BCUT2D eigenvalue weighted by atomic mass is 10.2. The third-order valence-corrected chi connectivity index (χ3v) is 3.74. The molecule has 0 atom stereocenters. The van der Waals surface area contributed by atoms with Gasteiger partial charge in [0, 0.05) is 43.0 Å². The van der Waals surface area contributed by atoms with Crippen LogP contribution in [0.25, 0.3) is 0 Å². The molecule has 0 spiro atoms. The Hall–Kier alpha value is -1.01. The summed E-state index contributed by atoms with van der Waals surface area (Å²) in [6.07, 6.45) is 0. The molecule has 2 rings (SSSR count). The molecule has 5 nitrogen and oxygen atoms in total. The van der Waals surface area contributed by atoms with E-state index in [0.29, 0.717) is 35.6 Å². The SMILES string of the molecule is O=C(c1ccc(Cl)cc1Cl)N(Cl)C(=O)N1CCNCC1. The third-order valence-electron chi connectivity index (χ3n) is 2.90. The number of nitrogens with zero attached hydrogens (tertiary/aromatic N) is 2. The zero-order valence-electron chi connectivity index (χ0n) is 10.4. The second-order valence-electron chi connectivity index (χ2n) is 4.23. The summed E-state index contributed by atoms with van der Waals surface area (Å²) in [5.41, 5.74) is 0.134. The number of carbonyl (C=O) groups is 2. The van der Waals surface area contributed by atoms with E-state index in [-0.39, 0.29) is 10.6 Å². The Morgan fingerprint density at radius 2 is 1.85 bits per heavy atom. The predicted molar refractivity (Wildman–Crippen MR) is 78.3 cm³/mol. The number of halogens is 3. The number of hydrogen-bond acceptors (Lipinski definition) is 3. The van der Waals surface area contributed by atoms with Crippen molar-refractivity contribution >= 4 is 46.9 Å². The van der Waals surface area contributed by atoms with Gasteiger partial charge in [0.2, 0.25) is 0 Å². The van der Waals surface area contributed by atoms with Crippen LogP contribution in [-0.2, 0) is 0 Å². The first-order valence-corrected chi connectivity index (χ1v) is 7.05. The van der Waals surface area contributed by atoms with Crippen molar-refractivity contribution in [2.45, 2.75) is 0 Å². The van der Waals surface area contributed by atoms with Crippen LogP contribution < -0.4 is 5.32 Å². The van der Waals surface area contributed by atoms with Gasteiger partial charge in [-0.3, -0.25) is 4.79 Å². The molecule has 108 valence electrons.